The molecule has 1 aliphatic rings. The first kappa shape index (κ1) is 15.5. The number of amides is 1. The molecule has 7 heteroatoms. The number of carboxylic acid groups (broad SMARTS) is 1. The minimum Gasteiger partial charge on any atom is -0.480 e. The standard InChI is InChI=1S/C14H17NO5S/c1-9-3-4-11(7-10(9)2)13(16)15-5-6-21(19,20)8-12(15)14(17)18/h3-4,7,12H,5-6,8H2,1-2H3,(H,17,18). The maximum atomic E-state index is 12.5. The third kappa shape index (κ3) is 3.24. The molecule has 1 unspecified atom stereocenters. The topological polar surface area (TPSA) is 91.8 Å². The normalized spacial score (nSPS) is 21.0. The first-order valence-electron chi connectivity index (χ1n) is 6.53. The molecule has 0 bridgehead atoms. The second-order valence-electron chi connectivity index (χ2n) is 5.27. The summed E-state index contributed by atoms with van der Waals surface area (Å²) < 4.78 is 23.1. The summed E-state index contributed by atoms with van der Waals surface area (Å²) in [7, 11) is -3.42. The van der Waals surface area contributed by atoms with E-state index in [1.807, 2.05) is 13.8 Å². The Bertz CT molecular complexity index is 695. The van der Waals surface area contributed by atoms with Crippen molar-refractivity contribution in [1.82, 2.24) is 4.90 Å². The molecular formula is C14H17NO5S. The van der Waals surface area contributed by atoms with Crippen molar-refractivity contribution in [2.24, 2.45) is 0 Å². The number of carbonyl (C=O) groups excluding carboxylic acids is 1. The largest absolute Gasteiger partial charge is 0.480 e. The van der Waals surface area contributed by atoms with Gasteiger partial charge in [-0.25, -0.2) is 13.2 Å². The zero-order valence-corrected chi connectivity index (χ0v) is 12.7. The molecule has 0 aliphatic carbocycles. The van der Waals surface area contributed by atoms with Crippen LogP contribution in [0.5, 0.6) is 0 Å². The molecule has 1 atom stereocenters. The summed E-state index contributed by atoms with van der Waals surface area (Å²) in [6, 6.07) is 3.80. The van der Waals surface area contributed by atoms with Crippen LogP contribution in [0, 0.1) is 13.8 Å². The van der Waals surface area contributed by atoms with Crippen LogP contribution in [0.2, 0.25) is 0 Å². The fraction of sp³-hybridized carbons (Fsp3) is 0.429. The van der Waals surface area contributed by atoms with E-state index in [0.717, 1.165) is 16.0 Å². The monoisotopic (exact) mass is 311 g/mol. The summed E-state index contributed by atoms with van der Waals surface area (Å²) in [6.07, 6.45) is 0. The number of carboxylic acids is 1. The highest BCUT2D eigenvalue weighted by atomic mass is 32.2. The van der Waals surface area contributed by atoms with Gasteiger partial charge < -0.3 is 10.0 Å². The van der Waals surface area contributed by atoms with Gasteiger partial charge in [0.15, 0.2) is 9.84 Å². The number of hydrogen-bond donors (Lipinski definition) is 1. The number of carbonyl (C=O) groups is 2. The van der Waals surface area contributed by atoms with Crippen LogP contribution in [0.25, 0.3) is 0 Å². The summed E-state index contributed by atoms with van der Waals surface area (Å²) in [5.74, 6) is -2.47. The number of sulfone groups is 1. The van der Waals surface area contributed by atoms with Gasteiger partial charge in [0.05, 0.1) is 11.5 Å². The van der Waals surface area contributed by atoms with Crippen LogP contribution in [-0.2, 0) is 14.6 Å². The van der Waals surface area contributed by atoms with Crippen molar-refractivity contribution in [3.63, 3.8) is 0 Å². The summed E-state index contributed by atoms with van der Waals surface area (Å²) in [5.41, 5.74) is 2.34. The van der Waals surface area contributed by atoms with E-state index in [0.29, 0.717) is 5.56 Å². The fourth-order valence-electron chi connectivity index (χ4n) is 2.30. The number of aryl methyl sites for hydroxylation is 2. The van der Waals surface area contributed by atoms with Gasteiger partial charge in [-0.3, -0.25) is 4.79 Å². The van der Waals surface area contributed by atoms with Crippen LogP contribution < -0.4 is 0 Å². The quantitative estimate of drug-likeness (QED) is 0.865. The molecule has 1 aromatic carbocycles. The number of aliphatic carboxylic acids is 1. The Morgan fingerprint density at radius 1 is 1.24 bits per heavy atom. The van der Waals surface area contributed by atoms with Gasteiger partial charge in [0.25, 0.3) is 5.91 Å². The molecule has 0 spiro atoms. The predicted molar refractivity (Wildman–Crippen MR) is 77.0 cm³/mol. The van der Waals surface area contributed by atoms with Gasteiger partial charge in [0, 0.05) is 12.1 Å². The predicted octanol–water partition coefficient (Wildman–Crippen LogP) is 0.627. The van der Waals surface area contributed by atoms with E-state index in [9.17, 15) is 23.1 Å². The molecule has 6 nitrogen and oxygen atoms in total. The Labute approximate surface area is 123 Å². The van der Waals surface area contributed by atoms with Gasteiger partial charge in [-0.1, -0.05) is 6.07 Å². The highest BCUT2D eigenvalue weighted by Gasteiger charge is 2.38. The van der Waals surface area contributed by atoms with E-state index >= 15 is 0 Å². The van der Waals surface area contributed by atoms with Gasteiger partial charge in [-0.15, -0.1) is 0 Å². The summed E-state index contributed by atoms with van der Waals surface area (Å²) >= 11 is 0. The third-order valence-electron chi connectivity index (χ3n) is 3.73. The minimum absolute atomic E-state index is 0.0922. The zero-order valence-electron chi connectivity index (χ0n) is 11.9. The lowest BCUT2D eigenvalue weighted by Gasteiger charge is -2.32. The molecule has 0 saturated carbocycles. The summed E-state index contributed by atoms with van der Waals surface area (Å²) in [4.78, 5) is 24.8. The number of nitrogens with zero attached hydrogens (tertiary/aromatic N) is 1. The lowest BCUT2D eigenvalue weighted by molar-refractivity contribution is -0.141. The molecule has 1 fully saturated rings. The average Bonchev–Trinajstić information content (AvgIpc) is 2.40. The second-order valence-corrected chi connectivity index (χ2v) is 7.49. The van der Waals surface area contributed by atoms with E-state index in [-0.39, 0.29) is 12.3 Å². The molecule has 1 aromatic rings. The van der Waals surface area contributed by atoms with Crippen LogP contribution >= 0.6 is 0 Å². The smallest absolute Gasteiger partial charge is 0.327 e. The van der Waals surface area contributed by atoms with Crippen LogP contribution in [0.4, 0.5) is 0 Å². The Morgan fingerprint density at radius 2 is 1.90 bits per heavy atom. The first-order chi connectivity index (χ1) is 9.71. The lowest BCUT2D eigenvalue weighted by Crippen LogP contribution is -2.54. The molecule has 1 aliphatic heterocycles. The fourth-order valence-corrected chi connectivity index (χ4v) is 3.74. The van der Waals surface area contributed by atoms with E-state index < -0.39 is 33.5 Å². The molecule has 1 saturated heterocycles. The SMILES string of the molecule is Cc1ccc(C(=O)N2CCS(=O)(=O)CC2C(=O)O)cc1C. The highest BCUT2D eigenvalue weighted by molar-refractivity contribution is 7.91. The van der Waals surface area contributed by atoms with E-state index in [4.69, 9.17) is 0 Å². The van der Waals surface area contributed by atoms with Crippen molar-refractivity contribution in [3.8, 4) is 0 Å². The van der Waals surface area contributed by atoms with E-state index in [1.165, 1.54) is 0 Å². The summed E-state index contributed by atoms with van der Waals surface area (Å²) in [5, 5.41) is 9.18. The van der Waals surface area contributed by atoms with Crippen LogP contribution in [0.15, 0.2) is 18.2 Å². The van der Waals surface area contributed by atoms with Gasteiger partial charge in [-0.05, 0) is 37.1 Å². The van der Waals surface area contributed by atoms with Gasteiger partial charge in [0.1, 0.15) is 6.04 Å². The van der Waals surface area contributed by atoms with Crippen molar-refractivity contribution in [2.75, 3.05) is 18.1 Å². The molecule has 0 radical (unpaired) electrons. The average molecular weight is 311 g/mol. The van der Waals surface area contributed by atoms with Crippen molar-refractivity contribution in [1.29, 1.82) is 0 Å². The van der Waals surface area contributed by atoms with Crippen molar-refractivity contribution < 1.29 is 23.1 Å². The van der Waals surface area contributed by atoms with Crippen LogP contribution in [-0.4, -0.2) is 54.4 Å². The molecule has 114 valence electrons. The Hall–Kier alpha value is -1.89. The Kier molecular flexibility index (Phi) is 4.04. The molecule has 2 rings (SSSR count). The number of benzene rings is 1. The van der Waals surface area contributed by atoms with Gasteiger partial charge in [-0.2, -0.15) is 0 Å². The highest BCUT2D eigenvalue weighted by Crippen LogP contribution is 2.18. The molecular weight excluding hydrogens is 294 g/mol. The van der Waals surface area contributed by atoms with Gasteiger partial charge in [0.2, 0.25) is 0 Å². The molecule has 0 aromatic heterocycles. The molecule has 1 heterocycles. The van der Waals surface area contributed by atoms with Gasteiger partial charge >= 0.3 is 5.97 Å². The first-order valence-corrected chi connectivity index (χ1v) is 8.35. The molecule has 21 heavy (non-hydrogen) atoms. The molecule has 1 N–H and O–H groups in total. The lowest BCUT2D eigenvalue weighted by atomic mass is 10.0. The van der Waals surface area contributed by atoms with Crippen molar-refractivity contribution in [2.45, 2.75) is 19.9 Å². The molecule has 1 amide bonds. The Balaban J connectivity index is 2.32. The van der Waals surface area contributed by atoms with E-state index in [1.54, 1.807) is 18.2 Å². The van der Waals surface area contributed by atoms with E-state index in [2.05, 4.69) is 0 Å². The maximum Gasteiger partial charge on any atom is 0.327 e. The Morgan fingerprint density at radius 3 is 2.48 bits per heavy atom. The van der Waals surface area contributed by atoms with Crippen molar-refractivity contribution in [3.05, 3.63) is 34.9 Å². The number of rotatable bonds is 2. The van der Waals surface area contributed by atoms with Crippen LogP contribution in [0.3, 0.4) is 0 Å². The zero-order chi connectivity index (χ0) is 15.8. The van der Waals surface area contributed by atoms with Crippen molar-refractivity contribution >= 4 is 21.7 Å². The maximum absolute atomic E-state index is 12.5. The summed E-state index contributed by atoms with van der Waals surface area (Å²) in [6.45, 7) is 3.68. The number of hydrogen-bond acceptors (Lipinski definition) is 4. The van der Waals surface area contributed by atoms with Crippen LogP contribution in [0.1, 0.15) is 21.5 Å². The minimum atomic E-state index is -3.42. The second kappa shape index (κ2) is 5.48. The third-order valence-corrected chi connectivity index (χ3v) is 5.36.